The quantitative estimate of drug-likeness (QED) is 0.838. The Kier molecular flexibility index (Phi) is 4.67. The van der Waals surface area contributed by atoms with Crippen molar-refractivity contribution in [2.75, 3.05) is 19.6 Å². The lowest BCUT2D eigenvalue weighted by molar-refractivity contribution is 0.0590. The monoisotopic (exact) mass is 372 g/mol. The molecule has 26 heavy (non-hydrogen) atoms. The number of aromatic nitrogens is 2. The van der Waals surface area contributed by atoms with E-state index in [-0.39, 0.29) is 17.7 Å². The van der Waals surface area contributed by atoms with Crippen molar-refractivity contribution < 1.29 is 9.59 Å². The molecule has 1 N–H and O–H groups in total. The minimum absolute atomic E-state index is 0.0204. The smallest absolute Gasteiger partial charge is 0.264 e. The molecule has 1 amide bonds. The van der Waals surface area contributed by atoms with Gasteiger partial charge in [0, 0.05) is 37.9 Å². The highest BCUT2D eigenvalue weighted by molar-refractivity contribution is 7.15. The van der Waals surface area contributed by atoms with Gasteiger partial charge < -0.3 is 9.88 Å². The Morgan fingerprint density at radius 3 is 2.73 bits per heavy atom. The standard InChI is InChI=1S/C19H24N4O2S/c1-12-16(21-11-20-12)10-22-7-14-3-4-15(9-22)23(8-14)19(25)18-6-5-17(26-18)13(2)24/h5-6,11,14-15H,3-4,7-10H2,1-2H3,(H,20,21)/t14-,15+/m0/s1. The maximum atomic E-state index is 13.0. The number of piperidine rings is 1. The van der Waals surface area contributed by atoms with E-state index in [2.05, 4.69) is 14.9 Å². The number of hydrogen-bond acceptors (Lipinski definition) is 5. The van der Waals surface area contributed by atoms with Gasteiger partial charge in [-0.3, -0.25) is 14.5 Å². The zero-order valence-electron chi connectivity index (χ0n) is 15.2. The number of nitrogens with zero attached hydrogens (tertiary/aromatic N) is 3. The Bertz CT molecular complexity index is 827. The lowest BCUT2D eigenvalue weighted by atomic mass is 9.95. The van der Waals surface area contributed by atoms with Crippen LogP contribution in [0.25, 0.3) is 0 Å². The number of ketones is 1. The second-order valence-electron chi connectivity index (χ2n) is 7.44. The van der Waals surface area contributed by atoms with Gasteiger partial charge in [0.05, 0.1) is 21.8 Å². The van der Waals surface area contributed by atoms with Gasteiger partial charge >= 0.3 is 0 Å². The highest BCUT2D eigenvalue weighted by atomic mass is 32.1. The second-order valence-corrected chi connectivity index (χ2v) is 8.53. The predicted octanol–water partition coefficient (Wildman–Crippen LogP) is 2.72. The molecule has 0 spiro atoms. The molecule has 0 aromatic carbocycles. The van der Waals surface area contributed by atoms with Crippen LogP contribution in [0.1, 0.15) is 50.5 Å². The van der Waals surface area contributed by atoms with E-state index in [4.69, 9.17) is 0 Å². The topological polar surface area (TPSA) is 69.3 Å². The molecule has 0 saturated carbocycles. The minimum Gasteiger partial charge on any atom is -0.348 e. The van der Waals surface area contributed by atoms with Crippen LogP contribution in [-0.4, -0.2) is 57.1 Å². The number of rotatable bonds is 4. The molecule has 6 nitrogen and oxygen atoms in total. The highest BCUT2D eigenvalue weighted by Gasteiger charge is 2.38. The summed E-state index contributed by atoms with van der Waals surface area (Å²) in [5, 5.41) is 0. The van der Waals surface area contributed by atoms with Crippen LogP contribution >= 0.6 is 11.3 Å². The summed E-state index contributed by atoms with van der Waals surface area (Å²) in [6, 6.07) is 3.80. The Morgan fingerprint density at radius 2 is 2.04 bits per heavy atom. The third-order valence-corrected chi connectivity index (χ3v) is 6.70. The van der Waals surface area contributed by atoms with Gasteiger partial charge in [-0.15, -0.1) is 11.3 Å². The molecule has 5 rings (SSSR count). The fourth-order valence-corrected chi connectivity index (χ4v) is 4.96. The molecule has 3 saturated heterocycles. The van der Waals surface area contributed by atoms with Crippen molar-refractivity contribution in [3.8, 4) is 0 Å². The number of amides is 1. The lowest BCUT2D eigenvalue weighted by Crippen LogP contribution is -2.47. The summed E-state index contributed by atoms with van der Waals surface area (Å²) in [6.07, 6.45) is 3.97. The van der Waals surface area contributed by atoms with Crippen molar-refractivity contribution in [1.29, 1.82) is 0 Å². The fourth-order valence-electron chi connectivity index (χ4n) is 4.10. The predicted molar refractivity (Wildman–Crippen MR) is 100 cm³/mol. The van der Waals surface area contributed by atoms with Crippen LogP contribution in [0.2, 0.25) is 0 Å². The molecular formula is C19H24N4O2S. The van der Waals surface area contributed by atoms with Crippen molar-refractivity contribution in [2.24, 2.45) is 5.92 Å². The maximum Gasteiger partial charge on any atom is 0.264 e. The Hall–Kier alpha value is -1.99. The Balaban J connectivity index is 1.50. The van der Waals surface area contributed by atoms with Gasteiger partial charge in [-0.2, -0.15) is 0 Å². The number of nitrogens with one attached hydrogen (secondary N) is 1. The molecule has 138 valence electrons. The molecule has 2 bridgehead atoms. The van der Waals surface area contributed by atoms with Crippen LogP contribution in [0.3, 0.4) is 0 Å². The first-order valence-electron chi connectivity index (χ1n) is 9.14. The van der Waals surface area contributed by atoms with Gasteiger partial charge in [-0.05, 0) is 44.7 Å². The summed E-state index contributed by atoms with van der Waals surface area (Å²) in [6.45, 7) is 7.14. The molecule has 5 heterocycles. The first-order chi connectivity index (χ1) is 12.5. The van der Waals surface area contributed by atoms with Gasteiger partial charge in [0.25, 0.3) is 5.91 Å². The van der Waals surface area contributed by atoms with Gasteiger partial charge in [0.2, 0.25) is 0 Å². The van der Waals surface area contributed by atoms with Crippen LogP contribution in [0.15, 0.2) is 18.5 Å². The lowest BCUT2D eigenvalue weighted by Gasteiger charge is -2.36. The van der Waals surface area contributed by atoms with Gasteiger partial charge in [-0.1, -0.05) is 0 Å². The zero-order valence-corrected chi connectivity index (χ0v) is 16.0. The average Bonchev–Trinajstić information content (AvgIpc) is 3.16. The number of carbonyl (C=O) groups excluding carboxylic acids is 2. The summed E-state index contributed by atoms with van der Waals surface area (Å²) in [5.74, 6) is 0.603. The summed E-state index contributed by atoms with van der Waals surface area (Å²) in [5.41, 5.74) is 2.21. The molecule has 0 unspecified atom stereocenters. The van der Waals surface area contributed by atoms with Crippen molar-refractivity contribution in [3.63, 3.8) is 0 Å². The van der Waals surface area contributed by atoms with Crippen LogP contribution < -0.4 is 0 Å². The summed E-state index contributed by atoms with van der Waals surface area (Å²) in [4.78, 5) is 38.0. The van der Waals surface area contributed by atoms with Gasteiger partial charge in [0.1, 0.15) is 0 Å². The van der Waals surface area contributed by atoms with E-state index in [0.717, 1.165) is 44.0 Å². The summed E-state index contributed by atoms with van der Waals surface area (Å²) < 4.78 is 0. The van der Waals surface area contributed by atoms with E-state index in [1.165, 1.54) is 17.8 Å². The van der Waals surface area contributed by atoms with Crippen LogP contribution in [-0.2, 0) is 6.54 Å². The van der Waals surface area contributed by atoms with Crippen LogP contribution in [0.5, 0.6) is 0 Å². The van der Waals surface area contributed by atoms with Crippen molar-refractivity contribution in [2.45, 2.75) is 39.3 Å². The SMILES string of the molecule is CC(=O)c1ccc(C(=O)N2C[C@H]3CC[C@@H]2CN(Cc2nc[nH]c2C)C3)s1. The normalized spacial score (nSPS) is 23.2. The molecule has 7 heteroatoms. The molecule has 2 aromatic rings. The molecule has 2 aromatic heterocycles. The molecule has 3 aliphatic heterocycles. The Morgan fingerprint density at radius 1 is 1.23 bits per heavy atom. The second kappa shape index (κ2) is 6.96. The number of Topliss-reactive ketones (excluding diaryl/α,β-unsaturated/α-hetero) is 1. The van der Waals surface area contributed by atoms with E-state index in [1.54, 1.807) is 25.4 Å². The molecule has 3 fully saturated rings. The zero-order chi connectivity index (χ0) is 18.3. The summed E-state index contributed by atoms with van der Waals surface area (Å²) >= 11 is 1.31. The number of thiophene rings is 1. The van der Waals surface area contributed by atoms with Crippen molar-refractivity contribution >= 4 is 23.0 Å². The number of aryl methyl sites for hydroxylation is 1. The largest absolute Gasteiger partial charge is 0.348 e. The van der Waals surface area contributed by atoms with Crippen molar-refractivity contribution in [1.82, 2.24) is 19.8 Å². The first kappa shape index (κ1) is 17.4. The van der Waals surface area contributed by atoms with Crippen LogP contribution in [0, 0.1) is 12.8 Å². The third-order valence-electron chi connectivity index (χ3n) is 5.52. The number of carbonyl (C=O) groups is 2. The van der Waals surface area contributed by atoms with E-state index >= 15 is 0 Å². The molecule has 3 aliphatic rings. The minimum atomic E-state index is 0.0204. The number of H-pyrrole nitrogens is 1. The van der Waals surface area contributed by atoms with E-state index in [0.29, 0.717) is 15.7 Å². The molecule has 0 radical (unpaired) electrons. The van der Waals surface area contributed by atoms with E-state index in [9.17, 15) is 9.59 Å². The highest BCUT2D eigenvalue weighted by Crippen LogP contribution is 2.31. The molecular weight excluding hydrogens is 348 g/mol. The van der Waals surface area contributed by atoms with Gasteiger partial charge in [0.15, 0.2) is 5.78 Å². The first-order valence-corrected chi connectivity index (χ1v) is 9.96. The maximum absolute atomic E-state index is 13.0. The summed E-state index contributed by atoms with van der Waals surface area (Å²) in [7, 11) is 0. The van der Waals surface area contributed by atoms with Crippen LogP contribution in [0.4, 0.5) is 0 Å². The third kappa shape index (κ3) is 3.33. The number of fused-ring (bicyclic) bond motifs is 4. The average molecular weight is 372 g/mol. The van der Waals surface area contributed by atoms with E-state index < -0.39 is 0 Å². The van der Waals surface area contributed by atoms with Crippen molar-refractivity contribution in [3.05, 3.63) is 39.6 Å². The number of imidazole rings is 1. The molecule has 0 aliphatic carbocycles. The Labute approximate surface area is 157 Å². The molecule has 2 atom stereocenters. The van der Waals surface area contributed by atoms with E-state index in [1.807, 2.05) is 11.8 Å². The number of hydrogen-bond donors (Lipinski definition) is 1. The number of aromatic amines is 1. The fraction of sp³-hybridized carbons (Fsp3) is 0.526. The van der Waals surface area contributed by atoms with Gasteiger partial charge in [-0.25, -0.2) is 4.98 Å².